The monoisotopic (exact) mass is 318 g/mol. The highest BCUT2D eigenvalue weighted by atomic mass is 16.5. The molecule has 1 aliphatic heterocycles. The first-order valence-corrected chi connectivity index (χ1v) is 7.75. The van der Waals surface area contributed by atoms with Crippen LogP contribution in [0.25, 0.3) is 0 Å². The highest BCUT2D eigenvalue weighted by Gasteiger charge is 2.28. The van der Waals surface area contributed by atoms with Crippen LogP contribution in [0.4, 0.5) is 0 Å². The van der Waals surface area contributed by atoms with Crippen molar-refractivity contribution in [3.63, 3.8) is 0 Å². The number of hydrogen-bond donors (Lipinski definition) is 1. The van der Waals surface area contributed by atoms with Crippen LogP contribution >= 0.6 is 0 Å². The molecule has 0 saturated carbocycles. The summed E-state index contributed by atoms with van der Waals surface area (Å²) in [5.41, 5.74) is 0.982. The van der Waals surface area contributed by atoms with Crippen molar-refractivity contribution in [2.24, 2.45) is 0 Å². The van der Waals surface area contributed by atoms with Gasteiger partial charge < -0.3 is 10.1 Å². The molecule has 23 heavy (non-hydrogen) atoms. The van der Waals surface area contributed by atoms with Gasteiger partial charge in [0.1, 0.15) is 5.75 Å². The molecule has 1 atom stereocenters. The fourth-order valence-corrected chi connectivity index (χ4v) is 2.71. The Morgan fingerprint density at radius 1 is 1.26 bits per heavy atom. The predicted molar refractivity (Wildman–Crippen MR) is 85.0 cm³/mol. The third kappa shape index (κ3) is 4.31. The van der Waals surface area contributed by atoms with E-state index >= 15 is 0 Å². The van der Waals surface area contributed by atoms with Crippen LogP contribution in [0.5, 0.6) is 5.75 Å². The SMILES string of the molecule is COc1ccccc1C(C)CC(=O)NCCN1C(=O)CCC1=O. The molecule has 1 fully saturated rings. The number of rotatable bonds is 7. The number of carbonyl (C=O) groups is 3. The summed E-state index contributed by atoms with van der Waals surface area (Å²) in [5.74, 6) is 0.350. The van der Waals surface area contributed by atoms with Crippen molar-refractivity contribution in [2.45, 2.75) is 32.1 Å². The number of imide groups is 1. The van der Waals surface area contributed by atoms with E-state index in [1.54, 1.807) is 7.11 Å². The minimum absolute atomic E-state index is 0.0150. The third-order valence-electron chi connectivity index (χ3n) is 3.97. The van der Waals surface area contributed by atoms with Gasteiger partial charge in [-0.1, -0.05) is 25.1 Å². The summed E-state index contributed by atoms with van der Waals surface area (Å²) in [6, 6.07) is 7.61. The van der Waals surface area contributed by atoms with Gasteiger partial charge in [0.05, 0.1) is 7.11 Å². The maximum absolute atomic E-state index is 12.0. The van der Waals surface area contributed by atoms with Crippen molar-refractivity contribution in [1.29, 1.82) is 0 Å². The van der Waals surface area contributed by atoms with Crippen LogP contribution in [0.2, 0.25) is 0 Å². The molecule has 1 aliphatic rings. The summed E-state index contributed by atoms with van der Waals surface area (Å²) in [4.78, 5) is 36.2. The van der Waals surface area contributed by atoms with E-state index in [4.69, 9.17) is 4.74 Å². The number of ether oxygens (including phenoxy) is 1. The van der Waals surface area contributed by atoms with Gasteiger partial charge in [0.25, 0.3) is 0 Å². The number of amides is 3. The highest BCUT2D eigenvalue weighted by molar-refractivity contribution is 6.01. The topological polar surface area (TPSA) is 75.7 Å². The summed E-state index contributed by atoms with van der Waals surface area (Å²) in [6.07, 6.45) is 0.873. The van der Waals surface area contributed by atoms with Crippen molar-refractivity contribution < 1.29 is 19.1 Å². The zero-order chi connectivity index (χ0) is 16.8. The second kappa shape index (κ2) is 7.76. The van der Waals surface area contributed by atoms with Gasteiger partial charge in [-0.3, -0.25) is 19.3 Å². The van der Waals surface area contributed by atoms with E-state index in [0.717, 1.165) is 11.3 Å². The Morgan fingerprint density at radius 2 is 1.91 bits per heavy atom. The van der Waals surface area contributed by atoms with Gasteiger partial charge in [-0.15, -0.1) is 0 Å². The van der Waals surface area contributed by atoms with E-state index in [-0.39, 0.29) is 49.6 Å². The quantitative estimate of drug-likeness (QED) is 0.772. The van der Waals surface area contributed by atoms with Crippen LogP contribution in [0.1, 0.15) is 37.7 Å². The lowest BCUT2D eigenvalue weighted by Crippen LogP contribution is -2.37. The Labute approximate surface area is 135 Å². The Morgan fingerprint density at radius 3 is 2.57 bits per heavy atom. The Kier molecular flexibility index (Phi) is 5.73. The van der Waals surface area contributed by atoms with Crippen LogP contribution in [-0.4, -0.2) is 42.8 Å². The van der Waals surface area contributed by atoms with E-state index in [1.165, 1.54) is 4.90 Å². The molecule has 1 N–H and O–H groups in total. The van der Waals surface area contributed by atoms with E-state index in [0.29, 0.717) is 6.42 Å². The molecule has 0 radical (unpaired) electrons. The summed E-state index contributed by atoms with van der Waals surface area (Å²) in [7, 11) is 1.61. The van der Waals surface area contributed by atoms with Crippen LogP contribution in [0.15, 0.2) is 24.3 Å². The molecule has 6 nitrogen and oxygen atoms in total. The lowest BCUT2D eigenvalue weighted by atomic mass is 9.96. The van der Waals surface area contributed by atoms with Crippen molar-refractivity contribution >= 4 is 17.7 Å². The van der Waals surface area contributed by atoms with Crippen molar-refractivity contribution in [3.05, 3.63) is 29.8 Å². The average Bonchev–Trinajstić information content (AvgIpc) is 2.86. The number of nitrogens with one attached hydrogen (secondary N) is 1. The first kappa shape index (κ1) is 17.0. The molecule has 1 aromatic carbocycles. The fourth-order valence-electron chi connectivity index (χ4n) is 2.71. The smallest absolute Gasteiger partial charge is 0.229 e. The molecule has 0 bridgehead atoms. The summed E-state index contributed by atoms with van der Waals surface area (Å²) < 4.78 is 5.31. The molecule has 0 spiro atoms. The Bertz CT molecular complexity index is 584. The molecule has 3 amide bonds. The lowest BCUT2D eigenvalue weighted by Gasteiger charge is -2.17. The largest absolute Gasteiger partial charge is 0.496 e. The van der Waals surface area contributed by atoms with Gasteiger partial charge in [0.2, 0.25) is 17.7 Å². The Balaban J connectivity index is 1.80. The number of nitrogens with zero attached hydrogens (tertiary/aromatic N) is 1. The van der Waals surface area contributed by atoms with Crippen molar-refractivity contribution in [1.82, 2.24) is 10.2 Å². The highest BCUT2D eigenvalue weighted by Crippen LogP contribution is 2.28. The number of methoxy groups -OCH3 is 1. The minimum atomic E-state index is -0.161. The molecular formula is C17H22N2O4. The Hall–Kier alpha value is -2.37. The first-order chi connectivity index (χ1) is 11.0. The number of benzene rings is 1. The molecule has 124 valence electrons. The molecule has 6 heteroatoms. The maximum atomic E-state index is 12.0. The van der Waals surface area contributed by atoms with Gasteiger partial charge in [-0.05, 0) is 17.5 Å². The van der Waals surface area contributed by atoms with Crippen molar-refractivity contribution in [3.8, 4) is 5.75 Å². The van der Waals surface area contributed by atoms with Crippen LogP contribution in [0, 0.1) is 0 Å². The zero-order valence-corrected chi connectivity index (χ0v) is 13.5. The number of hydrogen-bond acceptors (Lipinski definition) is 4. The van der Waals surface area contributed by atoms with Crippen LogP contribution in [0.3, 0.4) is 0 Å². The average molecular weight is 318 g/mol. The predicted octanol–water partition coefficient (Wildman–Crippen LogP) is 1.45. The molecule has 0 aliphatic carbocycles. The molecular weight excluding hydrogens is 296 g/mol. The normalized spacial score (nSPS) is 15.7. The molecule has 1 heterocycles. The van der Waals surface area contributed by atoms with E-state index in [9.17, 15) is 14.4 Å². The van der Waals surface area contributed by atoms with Gasteiger partial charge in [0, 0.05) is 32.4 Å². The van der Waals surface area contributed by atoms with E-state index in [1.807, 2.05) is 31.2 Å². The van der Waals surface area contributed by atoms with Crippen LogP contribution < -0.4 is 10.1 Å². The number of carbonyl (C=O) groups excluding carboxylic acids is 3. The molecule has 1 unspecified atom stereocenters. The fraction of sp³-hybridized carbons (Fsp3) is 0.471. The van der Waals surface area contributed by atoms with Gasteiger partial charge >= 0.3 is 0 Å². The van der Waals surface area contributed by atoms with Crippen LogP contribution in [-0.2, 0) is 14.4 Å². The second-order valence-electron chi connectivity index (χ2n) is 5.64. The lowest BCUT2D eigenvalue weighted by molar-refractivity contribution is -0.138. The third-order valence-corrected chi connectivity index (χ3v) is 3.97. The maximum Gasteiger partial charge on any atom is 0.229 e. The number of likely N-dealkylation sites (tertiary alicyclic amines) is 1. The number of para-hydroxylation sites is 1. The first-order valence-electron chi connectivity index (χ1n) is 7.75. The summed E-state index contributed by atoms with van der Waals surface area (Å²) in [6.45, 7) is 2.49. The standard InChI is InChI=1S/C17H22N2O4/c1-12(13-5-3-4-6-14(13)23-2)11-15(20)18-9-10-19-16(21)7-8-17(19)22/h3-6,12H,7-11H2,1-2H3,(H,18,20). The summed E-state index contributed by atoms with van der Waals surface area (Å²) >= 11 is 0. The van der Waals surface area contributed by atoms with Gasteiger partial charge in [0.15, 0.2) is 0 Å². The molecule has 2 rings (SSSR count). The van der Waals surface area contributed by atoms with Crippen molar-refractivity contribution in [2.75, 3.05) is 20.2 Å². The summed E-state index contributed by atoms with van der Waals surface area (Å²) in [5, 5.41) is 2.76. The van der Waals surface area contributed by atoms with Gasteiger partial charge in [-0.2, -0.15) is 0 Å². The second-order valence-corrected chi connectivity index (χ2v) is 5.64. The minimum Gasteiger partial charge on any atom is -0.496 e. The van der Waals surface area contributed by atoms with Gasteiger partial charge in [-0.25, -0.2) is 0 Å². The molecule has 1 saturated heterocycles. The molecule has 1 aromatic rings. The van der Waals surface area contributed by atoms with E-state index in [2.05, 4.69) is 5.32 Å². The zero-order valence-electron chi connectivity index (χ0n) is 13.5. The van der Waals surface area contributed by atoms with E-state index < -0.39 is 0 Å². The molecule has 0 aromatic heterocycles.